The van der Waals surface area contributed by atoms with Gasteiger partial charge in [-0.3, -0.25) is 4.57 Å². The second-order valence-corrected chi connectivity index (χ2v) is 10.0. The zero-order valence-corrected chi connectivity index (χ0v) is 20.0. The molecule has 0 bridgehead atoms. The zero-order valence-electron chi connectivity index (χ0n) is 19.1. The van der Waals surface area contributed by atoms with Gasteiger partial charge in [0.2, 0.25) is 21.9 Å². The van der Waals surface area contributed by atoms with Gasteiger partial charge in [-0.2, -0.15) is 4.98 Å². The third-order valence-electron chi connectivity index (χ3n) is 4.84. The van der Waals surface area contributed by atoms with Gasteiger partial charge >= 0.3 is 0 Å². The van der Waals surface area contributed by atoms with Gasteiger partial charge in [-0.15, -0.1) is 0 Å². The maximum Gasteiger partial charge on any atom is 0.224 e. The number of fused-ring (bicyclic) bond motifs is 1. The molecule has 180 valence electrons. The van der Waals surface area contributed by atoms with Crippen LogP contribution < -0.4 is 10.6 Å². The van der Waals surface area contributed by atoms with Gasteiger partial charge in [0, 0.05) is 25.7 Å². The molecule has 2 aromatic heterocycles. The van der Waals surface area contributed by atoms with E-state index in [0.717, 1.165) is 12.1 Å². The number of halogens is 2. The quantitative estimate of drug-likeness (QED) is 0.430. The summed E-state index contributed by atoms with van der Waals surface area (Å²) in [7, 11) is -3.34. The van der Waals surface area contributed by atoms with Gasteiger partial charge in [-0.05, 0) is 38.8 Å². The molecule has 9 nitrogen and oxygen atoms in total. The first-order valence-electron chi connectivity index (χ1n) is 10.8. The molecule has 2 heterocycles. The van der Waals surface area contributed by atoms with Crippen molar-refractivity contribution in [1.82, 2.24) is 23.8 Å². The minimum atomic E-state index is -3.34. The molecule has 2 N–H and O–H groups in total. The van der Waals surface area contributed by atoms with Crippen LogP contribution in [-0.4, -0.2) is 57.6 Å². The predicted octanol–water partition coefficient (Wildman–Crippen LogP) is 3.73. The first kappa shape index (κ1) is 24.8. The molecule has 0 fully saturated rings. The van der Waals surface area contributed by atoms with Crippen LogP contribution in [0.5, 0.6) is 0 Å². The first-order valence-corrected chi connectivity index (χ1v) is 12.6. The van der Waals surface area contributed by atoms with Gasteiger partial charge < -0.3 is 10.6 Å². The van der Waals surface area contributed by atoms with E-state index in [1.165, 1.54) is 22.8 Å². The molecule has 0 amide bonds. The van der Waals surface area contributed by atoms with Crippen molar-refractivity contribution in [3.63, 3.8) is 0 Å². The Kier molecular flexibility index (Phi) is 7.80. The van der Waals surface area contributed by atoms with Crippen LogP contribution >= 0.6 is 0 Å². The van der Waals surface area contributed by atoms with Gasteiger partial charge in [-0.25, -0.2) is 31.5 Å². The summed E-state index contributed by atoms with van der Waals surface area (Å²) in [6.07, 6.45) is 3.86. The number of imidazole rings is 1. The van der Waals surface area contributed by atoms with Crippen LogP contribution in [0.3, 0.4) is 0 Å². The van der Waals surface area contributed by atoms with Crippen molar-refractivity contribution in [2.75, 3.05) is 30.0 Å². The fourth-order valence-electron chi connectivity index (χ4n) is 3.38. The number of nitrogens with zero attached hydrogens (tertiary/aromatic N) is 5. The lowest BCUT2D eigenvalue weighted by atomic mass is 10.3. The lowest BCUT2D eigenvalue weighted by molar-refractivity contribution is 0.398. The summed E-state index contributed by atoms with van der Waals surface area (Å²) in [5.41, 5.74) is 0.581. The molecule has 0 saturated carbocycles. The molecule has 0 aliphatic rings. The van der Waals surface area contributed by atoms with E-state index in [9.17, 15) is 17.2 Å². The standard InChI is InChI=1S/C21H29F2N7O2S/c1-5-10-29(33(4,31)32)11-7-12-30-19-17(13-24-20(28-19)25-14(2)3)26-21(30)27-18-15(22)8-6-9-16(18)23/h6,8-9,13-14H,5,7,10-12H2,1-4H3,(H,26,27)(H,24,25,28). The average Bonchev–Trinajstić information content (AvgIpc) is 3.05. The van der Waals surface area contributed by atoms with Gasteiger partial charge in [0.1, 0.15) is 22.8 Å². The lowest BCUT2D eigenvalue weighted by Crippen LogP contribution is -2.32. The minimum absolute atomic E-state index is 0.0984. The Morgan fingerprint density at radius 1 is 1.15 bits per heavy atom. The maximum atomic E-state index is 14.3. The highest BCUT2D eigenvalue weighted by Crippen LogP contribution is 2.26. The highest BCUT2D eigenvalue weighted by molar-refractivity contribution is 7.88. The summed E-state index contributed by atoms with van der Waals surface area (Å²) in [6, 6.07) is 3.68. The van der Waals surface area contributed by atoms with E-state index >= 15 is 0 Å². The Balaban J connectivity index is 1.96. The second-order valence-electron chi connectivity index (χ2n) is 8.03. The molecule has 0 radical (unpaired) electrons. The smallest absolute Gasteiger partial charge is 0.224 e. The molecule has 0 saturated heterocycles. The number of sulfonamides is 1. The summed E-state index contributed by atoms with van der Waals surface area (Å²) in [4.78, 5) is 13.2. The van der Waals surface area contributed by atoms with Crippen LogP contribution in [0.4, 0.5) is 26.4 Å². The number of anilines is 3. The number of aryl methyl sites for hydroxylation is 1. The summed E-state index contributed by atoms with van der Waals surface area (Å²) < 4.78 is 55.7. The van der Waals surface area contributed by atoms with Crippen molar-refractivity contribution in [3.05, 3.63) is 36.0 Å². The van der Waals surface area contributed by atoms with Gasteiger partial charge in [0.15, 0.2) is 5.65 Å². The normalized spacial score (nSPS) is 12.1. The third kappa shape index (κ3) is 6.14. The number of rotatable bonds is 11. The van der Waals surface area contributed by atoms with Gasteiger partial charge in [0.05, 0.1) is 12.5 Å². The van der Waals surface area contributed by atoms with E-state index in [1.54, 1.807) is 4.57 Å². The van der Waals surface area contributed by atoms with Crippen molar-refractivity contribution < 1.29 is 17.2 Å². The number of para-hydroxylation sites is 1. The Morgan fingerprint density at radius 3 is 2.45 bits per heavy atom. The summed E-state index contributed by atoms with van der Waals surface area (Å²) in [5.74, 6) is -0.932. The molecular weight excluding hydrogens is 452 g/mol. The Morgan fingerprint density at radius 2 is 1.85 bits per heavy atom. The summed E-state index contributed by atoms with van der Waals surface area (Å²) >= 11 is 0. The number of hydrogen-bond donors (Lipinski definition) is 2. The Bertz CT molecular complexity index is 1190. The van der Waals surface area contributed by atoms with Crippen molar-refractivity contribution in [1.29, 1.82) is 0 Å². The van der Waals surface area contributed by atoms with E-state index < -0.39 is 21.7 Å². The lowest BCUT2D eigenvalue weighted by Gasteiger charge is -2.19. The minimum Gasteiger partial charge on any atom is -0.352 e. The molecular formula is C21H29F2N7O2S. The molecule has 3 aromatic rings. The number of benzene rings is 1. The van der Waals surface area contributed by atoms with Crippen molar-refractivity contribution in [2.24, 2.45) is 0 Å². The van der Waals surface area contributed by atoms with Crippen molar-refractivity contribution >= 4 is 38.8 Å². The maximum absolute atomic E-state index is 14.3. The predicted molar refractivity (Wildman–Crippen MR) is 125 cm³/mol. The molecule has 1 aromatic carbocycles. The highest BCUT2D eigenvalue weighted by atomic mass is 32.2. The van der Waals surface area contributed by atoms with Gasteiger partial charge in [0.25, 0.3) is 0 Å². The first-order chi connectivity index (χ1) is 15.6. The largest absolute Gasteiger partial charge is 0.352 e. The Labute approximate surface area is 192 Å². The molecule has 12 heteroatoms. The van der Waals surface area contributed by atoms with E-state index in [4.69, 9.17) is 0 Å². The summed E-state index contributed by atoms with van der Waals surface area (Å²) in [5, 5.41) is 5.86. The second kappa shape index (κ2) is 10.4. The highest BCUT2D eigenvalue weighted by Gasteiger charge is 2.19. The third-order valence-corrected chi connectivity index (χ3v) is 6.14. The molecule has 0 atom stereocenters. The van der Waals surface area contributed by atoms with Crippen LogP contribution in [0.25, 0.3) is 11.2 Å². The van der Waals surface area contributed by atoms with E-state index in [2.05, 4.69) is 25.6 Å². The number of hydrogen-bond acceptors (Lipinski definition) is 7. The average molecular weight is 482 g/mol. The number of aromatic nitrogens is 4. The number of nitrogens with one attached hydrogen (secondary N) is 2. The fraction of sp³-hybridized carbons (Fsp3) is 0.476. The zero-order chi connectivity index (χ0) is 24.2. The molecule has 0 aliphatic heterocycles. The SMILES string of the molecule is CCCN(CCCn1c(Nc2c(F)cccc2F)nc2cnc(NC(C)C)nc21)S(C)(=O)=O. The van der Waals surface area contributed by atoms with E-state index in [0.29, 0.717) is 49.6 Å². The molecule has 0 aliphatic carbocycles. The van der Waals surface area contributed by atoms with Crippen LogP contribution in [0, 0.1) is 11.6 Å². The van der Waals surface area contributed by atoms with Gasteiger partial charge in [-0.1, -0.05) is 13.0 Å². The Hall–Kier alpha value is -2.86. The van der Waals surface area contributed by atoms with Crippen molar-refractivity contribution in [3.8, 4) is 0 Å². The summed E-state index contributed by atoms with van der Waals surface area (Å²) in [6.45, 7) is 6.84. The van der Waals surface area contributed by atoms with Crippen LogP contribution in [-0.2, 0) is 16.6 Å². The monoisotopic (exact) mass is 481 g/mol. The fourth-order valence-corrected chi connectivity index (χ4v) is 4.36. The van der Waals surface area contributed by atoms with E-state index in [-0.39, 0.29) is 17.7 Å². The molecule has 33 heavy (non-hydrogen) atoms. The molecule has 0 unspecified atom stereocenters. The van der Waals surface area contributed by atoms with E-state index in [1.807, 2.05) is 20.8 Å². The van der Waals surface area contributed by atoms with Crippen molar-refractivity contribution in [2.45, 2.75) is 46.2 Å². The molecule has 3 rings (SSSR count). The van der Waals surface area contributed by atoms with Crippen LogP contribution in [0.2, 0.25) is 0 Å². The van der Waals surface area contributed by atoms with Crippen LogP contribution in [0.1, 0.15) is 33.6 Å². The van der Waals surface area contributed by atoms with Crippen LogP contribution in [0.15, 0.2) is 24.4 Å². The molecule has 0 spiro atoms. The topological polar surface area (TPSA) is 105 Å².